The van der Waals surface area contributed by atoms with Crippen LogP contribution in [0.25, 0.3) is 0 Å². The van der Waals surface area contributed by atoms with Crippen LogP contribution in [0.2, 0.25) is 0 Å². The van der Waals surface area contributed by atoms with E-state index in [2.05, 4.69) is 0 Å². The molecule has 1 nitrogen and oxygen atoms in total. The third kappa shape index (κ3) is 4.25. The highest BCUT2D eigenvalue weighted by Gasteiger charge is 2.37. The molecular formula is C15H15F5O. The summed E-state index contributed by atoms with van der Waals surface area (Å²) in [6, 6.07) is 4.38. The average Bonchev–Trinajstić information content (AvgIpc) is 2.38. The molecule has 1 saturated carbocycles. The lowest BCUT2D eigenvalue weighted by Crippen LogP contribution is -2.29. The lowest BCUT2D eigenvalue weighted by Gasteiger charge is -2.27. The number of Topliss-reactive ketones (excluding diaryl/α,β-unsaturated/α-hetero) is 1. The number of carbonyl (C=O) groups excluding carboxylic acids is 1. The molecule has 116 valence electrons. The summed E-state index contributed by atoms with van der Waals surface area (Å²) in [4.78, 5) is 12.0. The molecule has 0 N–H and O–H groups in total. The molecule has 1 aliphatic carbocycles. The van der Waals surface area contributed by atoms with Crippen molar-refractivity contribution in [2.75, 3.05) is 0 Å². The molecule has 0 aromatic heterocycles. The molecule has 1 aliphatic rings. The number of hydrogen-bond acceptors (Lipinski definition) is 1. The van der Waals surface area contributed by atoms with Gasteiger partial charge in [0, 0.05) is 25.2 Å². The van der Waals surface area contributed by atoms with Crippen molar-refractivity contribution < 1.29 is 26.7 Å². The smallest absolute Gasteiger partial charge is 0.299 e. The number of ketones is 1. The van der Waals surface area contributed by atoms with Gasteiger partial charge in [0.2, 0.25) is 5.92 Å². The largest absolute Gasteiger partial charge is 0.416 e. The Morgan fingerprint density at radius 1 is 1.10 bits per heavy atom. The summed E-state index contributed by atoms with van der Waals surface area (Å²) in [7, 11) is 0. The van der Waals surface area contributed by atoms with Gasteiger partial charge in [0.15, 0.2) is 0 Å². The third-order valence-corrected chi connectivity index (χ3v) is 3.83. The Hall–Kier alpha value is -1.46. The Morgan fingerprint density at radius 2 is 1.62 bits per heavy atom. The van der Waals surface area contributed by atoms with Gasteiger partial charge in [0.1, 0.15) is 5.78 Å². The molecular weight excluding hydrogens is 291 g/mol. The van der Waals surface area contributed by atoms with Gasteiger partial charge in [-0.05, 0) is 30.5 Å². The van der Waals surface area contributed by atoms with E-state index in [1.54, 1.807) is 0 Å². The molecule has 0 unspecified atom stereocenters. The zero-order valence-electron chi connectivity index (χ0n) is 11.2. The van der Waals surface area contributed by atoms with Crippen molar-refractivity contribution in [1.82, 2.24) is 0 Å². The van der Waals surface area contributed by atoms with Crippen LogP contribution >= 0.6 is 0 Å². The topological polar surface area (TPSA) is 17.1 Å². The van der Waals surface area contributed by atoms with Gasteiger partial charge in [0.25, 0.3) is 0 Å². The Morgan fingerprint density at radius 3 is 2.10 bits per heavy atom. The predicted molar refractivity (Wildman–Crippen MR) is 67.1 cm³/mol. The fourth-order valence-electron chi connectivity index (χ4n) is 2.52. The van der Waals surface area contributed by atoms with Crippen LogP contribution < -0.4 is 0 Å². The third-order valence-electron chi connectivity index (χ3n) is 3.83. The average molecular weight is 306 g/mol. The maximum absolute atomic E-state index is 13.0. The first-order chi connectivity index (χ1) is 9.67. The number of alkyl halides is 5. The fourth-order valence-corrected chi connectivity index (χ4v) is 2.52. The number of hydrogen-bond donors (Lipinski definition) is 0. The molecule has 0 aliphatic heterocycles. The minimum absolute atomic E-state index is 0.00558. The summed E-state index contributed by atoms with van der Waals surface area (Å²) in [6.07, 6.45) is -4.71. The first-order valence-electron chi connectivity index (χ1n) is 6.74. The van der Waals surface area contributed by atoms with E-state index in [4.69, 9.17) is 0 Å². The van der Waals surface area contributed by atoms with Crippen LogP contribution in [0.15, 0.2) is 24.3 Å². The minimum atomic E-state index is -4.41. The Balaban J connectivity index is 1.94. The Kier molecular flexibility index (Phi) is 4.35. The molecule has 0 heterocycles. The summed E-state index contributed by atoms with van der Waals surface area (Å²) in [5, 5.41) is 0. The Labute approximate surface area is 119 Å². The molecule has 1 fully saturated rings. The van der Waals surface area contributed by atoms with Crippen molar-refractivity contribution in [1.29, 1.82) is 0 Å². The molecule has 0 radical (unpaired) electrons. The van der Waals surface area contributed by atoms with E-state index in [1.807, 2.05) is 0 Å². The zero-order valence-corrected chi connectivity index (χ0v) is 11.2. The van der Waals surface area contributed by atoms with Crippen molar-refractivity contribution >= 4 is 5.78 Å². The van der Waals surface area contributed by atoms with Crippen molar-refractivity contribution in [2.24, 2.45) is 5.92 Å². The van der Waals surface area contributed by atoms with Gasteiger partial charge < -0.3 is 0 Å². The van der Waals surface area contributed by atoms with Crippen LogP contribution in [-0.4, -0.2) is 11.7 Å². The SMILES string of the molecule is O=C(Cc1ccc(C(F)(F)F)cc1)C1CCC(F)(F)CC1. The number of benzene rings is 1. The van der Waals surface area contributed by atoms with Crippen LogP contribution in [0.4, 0.5) is 22.0 Å². The van der Waals surface area contributed by atoms with Gasteiger partial charge in [-0.15, -0.1) is 0 Å². The highest BCUT2D eigenvalue weighted by Crippen LogP contribution is 2.37. The molecule has 0 amide bonds. The Bertz CT molecular complexity index is 494. The maximum atomic E-state index is 13.0. The molecule has 0 saturated heterocycles. The van der Waals surface area contributed by atoms with E-state index in [0.717, 1.165) is 12.1 Å². The highest BCUT2D eigenvalue weighted by molar-refractivity contribution is 5.83. The van der Waals surface area contributed by atoms with E-state index in [1.165, 1.54) is 12.1 Å². The van der Waals surface area contributed by atoms with E-state index in [-0.39, 0.29) is 37.9 Å². The van der Waals surface area contributed by atoms with E-state index >= 15 is 0 Å². The lowest BCUT2D eigenvalue weighted by molar-refractivity contribution is -0.137. The number of halogens is 5. The first kappa shape index (κ1) is 15.9. The summed E-state index contributed by atoms with van der Waals surface area (Å²) in [5.41, 5.74) is -0.290. The highest BCUT2D eigenvalue weighted by atomic mass is 19.4. The van der Waals surface area contributed by atoms with Crippen LogP contribution in [-0.2, 0) is 17.4 Å². The quantitative estimate of drug-likeness (QED) is 0.743. The summed E-state index contributed by atoms with van der Waals surface area (Å²) >= 11 is 0. The molecule has 0 atom stereocenters. The van der Waals surface area contributed by atoms with Crippen molar-refractivity contribution in [3.8, 4) is 0 Å². The molecule has 1 aromatic rings. The summed E-state index contributed by atoms with van der Waals surface area (Å²) in [6.45, 7) is 0. The molecule has 6 heteroatoms. The normalized spacial score (nSPS) is 19.5. The number of rotatable bonds is 3. The second-order valence-corrected chi connectivity index (χ2v) is 5.47. The van der Waals surface area contributed by atoms with Crippen LogP contribution in [0.1, 0.15) is 36.8 Å². The molecule has 0 bridgehead atoms. The van der Waals surface area contributed by atoms with Gasteiger partial charge in [-0.1, -0.05) is 12.1 Å². The first-order valence-corrected chi connectivity index (χ1v) is 6.74. The van der Waals surface area contributed by atoms with Crippen LogP contribution in [0, 0.1) is 5.92 Å². The second-order valence-electron chi connectivity index (χ2n) is 5.47. The molecule has 2 rings (SSSR count). The molecule has 0 spiro atoms. The summed E-state index contributed by atoms with van der Waals surface area (Å²) < 4.78 is 63.2. The van der Waals surface area contributed by atoms with Gasteiger partial charge in [-0.3, -0.25) is 4.79 Å². The number of carbonyl (C=O) groups is 1. The standard InChI is InChI=1S/C15H15F5O/c16-14(17)7-5-11(6-8-14)13(21)9-10-1-3-12(4-2-10)15(18,19)20/h1-4,11H,5-9H2. The van der Waals surface area contributed by atoms with Crippen LogP contribution in [0.3, 0.4) is 0 Å². The van der Waals surface area contributed by atoms with Crippen molar-refractivity contribution in [2.45, 2.75) is 44.2 Å². The lowest BCUT2D eigenvalue weighted by atomic mass is 9.82. The minimum Gasteiger partial charge on any atom is -0.299 e. The monoisotopic (exact) mass is 306 g/mol. The summed E-state index contributed by atoms with van der Waals surface area (Å²) in [5.74, 6) is -3.28. The van der Waals surface area contributed by atoms with E-state index < -0.39 is 23.6 Å². The maximum Gasteiger partial charge on any atom is 0.416 e. The molecule has 1 aromatic carbocycles. The van der Waals surface area contributed by atoms with Gasteiger partial charge in [0.05, 0.1) is 5.56 Å². The predicted octanol–water partition coefficient (Wildman–Crippen LogP) is 4.64. The fraction of sp³-hybridized carbons (Fsp3) is 0.533. The van der Waals surface area contributed by atoms with Crippen LogP contribution in [0.5, 0.6) is 0 Å². The van der Waals surface area contributed by atoms with E-state index in [9.17, 15) is 26.7 Å². The van der Waals surface area contributed by atoms with Crippen molar-refractivity contribution in [3.05, 3.63) is 35.4 Å². The molecule has 21 heavy (non-hydrogen) atoms. The van der Waals surface area contributed by atoms with Crippen molar-refractivity contribution in [3.63, 3.8) is 0 Å². The van der Waals surface area contributed by atoms with Gasteiger partial charge in [-0.25, -0.2) is 8.78 Å². The van der Waals surface area contributed by atoms with Gasteiger partial charge in [-0.2, -0.15) is 13.2 Å². The van der Waals surface area contributed by atoms with E-state index in [0.29, 0.717) is 5.56 Å². The second kappa shape index (κ2) is 5.73. The zero-order chi connectivity index (χ0) is 15.7. The van der Waals surface area contributed by atoms with Gasteiger partial charge >= 0.3 is 6.18 Å².